The first-order valence-corrected chi connectivity index (χ1v) is 6.95. The van der Waals surface area contributed by atoms with Crippen molar-refractivity contribution in [1.82, 2.24) is 15.6 Å². The van der Waals surface area contributed by atoms with Gasteiger partial charge in [-0.15, -0.1) is 0 Å². The van der Waals surface area contributed by atoms with E-state index in [1.165, 1.54) is 0 Å². The van der Waals surface area contributed by atoms with Crippen molar-refractivity contribution in [3.05, 3.63) is 30.1 Å². The summed E-state index contributed by atoms with van der Waals surface area (Å²) in [6, 6.07) is 3.27. The summed E-state index contributed by atoms with van der Waals surface area (Å²) in [4.78, 5) is 27.2. The van der Waals surface area contributed by atoms with Gasteiger partial charge >= 0.3 is 0 Å². The second-order valence-electron chi connectivity index (χ2n) is 4.02. The standard InChI is InChI=1S/C12H15N3O2S/c16-11-3-6-18-8-10(15-11)12(17)14-7-9-1-4-13-5-2-9/h1-2,4-5,10H,3,6-8H2,(H,14,17)(H,15,16)/t10-/m0/s1. The van der Waals surface area contributed by atoms with Crippen molar-refractivity contribution in [3.63, 3.8) is 0 Å². The molecule has 0 saturated carbocycles. The number of hydrogen-bond donors (Lipinski definition) is 2. The zero-order valence-corrected chi connectivity index (χ0v) is 10.7. The van der Waals surface area contributed by atoms with Gasteiger partial charge in [0, 0.05) is 36.9 Å². The smallest absolute Gasteiger partial charge is 0.243 e. The van der Waals surface area contributed by atoms with Gasteiger partial charge in [0.1, 0.15) is 6.04 Å². The molecule has 0 bridgehead atoms. The highest BCUT2D eigenvalue weighted by molar-refractivity contribution is 7.99. The molecule has 1 atom stereocenters. The molecule has 6 heteroatoms. The van der Waals surface area contributed by atoms with Gasteiger partial charge in [-0.3, -0.25) is 14.6 Å². The Morgan fingerprint density at radius 3 is 3.06 bits per heavy atom. The molecule has 1 aromatic heterocycles. The first-order chi connectivity index (χ1) is 8.75. The van der Waals surface area contributed by atoms with Gasteiger partial charge in [0.05, 0.1) is 0 Å². The summed E-state index contributed by atoms with van der Waals surface area (Å²) in [5.74, 6) is 1.23. The maximum absolute atomic E-state index is 11.9. The molecule has 0 aliphatic carbocycles. The largest absolute Gasteiger partial charge is 0.350 e. The number of thioether (sulfide) groups is 1. The summed E-state index contributed by atoms with van der Waals surface area (Å²) in [5, 5.41) is 5.55. The fraction of sp³-hybridized carbons (Fsp3) is 0.417. The summed E-state index contributed by atoms with van der Waals surface area (Å²) in [5.41, 5.74) is 0.992. The molecule has 1 fully saturated rings. The zero-order chi connectivity index (χ0) is 12.8. The topological polar surface area (TPSA) is 71.1 Å². The summed E-state index contributed by atoms with van der Waals surface area (Å²) < 4.78 is 0. The van der Waals surface area contributed by atoms with E-state index in [9.17, 15) is 9.59 Å². The average Bonchev–Trinajstić information content (AvgIpc) is 2.62. The van der Waals surface area contributed by atoms with Crippen LogP contribution in [0.5, 0.6) is 0 Å². The Bertz CT molecular complexity index is 425. The molecule has 2 N–H and O–H groups in total. The summed E-state index contributed by atoms with van der Waals surface area (Å²) in [7, 11) is 0. The first kappa shape index (κ1) is 12.9. The Morgan fingerprint density at radius 1 is 1.50 bits per heavy atom. The van der Waals surface area contributed by atoms with Crippen LogP contribution in [0.3, 0.4) is 0 Å². The van der Waals surface area contributed by atoms with Gasteiger partial charge in [0.2, 0.25) is 11.8 Å². The van der Waals surface area contributed by atoms with Crippen molar-refractivity contribution < 1.29 is 9.59 Å². The molecule has 0 spiro atoms. The number of carbonyl (C=O) groups excluding carboxylic acids is 2. The lowest BCUT2D eigenvalue weighted by atomic mass is 10.2. The van der Waals surface area contributed by atoms with Crippen molar-refractivity contribution in [3.8, 4) is 0 Å². The molecule has 18 heavy (non-hydrogen) atoms. The minimum atomic E-state index is -0.424. The molecule has 5 nitrogen and oxygen atoms in total. The average molecular weight is 265 g/mol. The van der Waals surface area contributed by atoms with Crippen molar-refractivity contribution in [2.45, 2.75) is 19.0 Å². The van der Waals surface area contributed by atoms with Crippen molar-refractivity contribution in [2.24, 2.45) is 0 Å². The lowest BCUT2D eigenvalue weighted by Crippen LogP contribution is -2.47. The van der Waals surface area contributed by atoms with Crippen LogP contribution in [0.4, 0.5) is 0 Å². The monoisotopic (exact) mass is 265 g/mol. The number of nitrogens with zero attached hydrogens (tertiary/aromatic N) is 1. The van der Waals surface area contributed by atoms with Crippen LogP contribution in [0.25, 0.3) is 0 Å². The van der Waals surface area contributed by atoms with Crippen LogP contribution in [0, 0.1) is 0 Å². The van der Waals surface area contributed by atoms with Crippen LogP contribution in [0.15, 0.2) is 24.5 Å². The number of carbonyl (C=O) groups is 2. The molecule has 1 aliphatic rings. The van der Waals surface area contributed by atoms with Crippen molar-refractivity contribution >= 4 is 23.6 Å². The molecule has 0 radical (unpaired) electrons. The van der Waals surface area contributed by atoms with Crippen LogP contribution in [0.1, 0.15) is 12.0 Å². The molecule has 0 unspecified atom stereocenters. The van der Waals surface area contributed by atoms with Gasteiger partial charge < -0.3 is 10.6 Å². The van der Waals surface area contributed by atoms with Crippen molar-refractivity contribution in [1.29, 1.82) is 0 Å². The minimum Gasteiger partial charge on any atom is -0.350 e. The van der Waals surface area contributed by atoms with E-state index in [2.05, 4.69) is 15.6 Å². The molecule has 96 valence electrons. The Hall–Kier alpha value is -1.56. The normalized spacial score (nSPS) is 19.8. The van der Waals surface area contributed by atoms with E-state index in [0.29, 0.717) is 18.7 Å². The molecule has 2 rings (SSSR count). The highest BCUT2D eigenvalue weighted by Crippen LogP contribution is 2.10. The summed E-state index contributed by atoms with van der Waals surface area (Å²) in [6.07, 6.45) is 3.86. The molecule has 2 amide bonds. The predicted octanol–water partition coefficient (Wildman–Crippen LogP) is 0.319. The molecule has 1 saturated heterocycles. The van der Waals surface area contributed by atoms with Gasteiger partial charge in [-0.2, -0.15) is 11.8 Å². The predicted molar refractivity (Wildman–Crippen MR) is 70.0 cm³/mol. The minimum absolute atomic E-state index is 0.0518. The third-order valence-corrected chi connectivity index (χ3v) is 3.69. The maximum atomic E-state index is 11.9. The van der Waals surface area contributed by atoms with Crippen LogP contribution in [-0.2, 0) is 16.1 Å². The molecular weight excluding hydrogens is 250 g/mol. The third kappa shape index (κ3) is 3.73. The number of hydrogen-bond acceptors (Lipinski definition) is 4. The Morgan fingerprint density at radius 2 is 2.28 bits per heavy atom. The SMILES string of the molecule is O=C1CCSC[C@@H](C(=O)NCc2ccncc2)N1. The van der Waals surface area contributed by atoms with Crippen LogP contribution in [-0.4, -0.2) is 34.3 Å². The number of pyridine rings is 1. The molecule has 1 aliphatic heterocycles. The number of aromatic nitrogens is 1. The van der Waals surface area contributed by atoms with E-state index in [0.717, 1.165) is 11.3 Å². The number of nitrogens with one attached hydrogen (secondary N) is 2. The van der Waals surface area contributed by atoms with E-state index in [-0.39, 0.29) is 11.8 Å². The van der Waals surface area contributed by atoms with E-state index in [4.69, 9.17) is 0 Å². The fourth-order valence-corrected chi connectivity index (χ4v) is 2.60. The fourth-order valence-electron chi connectivity index (χ4n) is 1.63. The second kappa shape index (κ2) is 6.39. The zero-order valence-electron chi connectivity index (χ0n) is 9.89. The van der Waals surface area contributed by atoms with Gasteiger partial charge in [-0.05, 0) is 17.7 Å². The Balaban J connectivity index is 1.85. The molecule has 1 aromatic rings. The highest BCUT2D eigenvalue weighted by atomic mass is 32.2. The first-order valence-electron chi connectivity index (χ1n) is 5.79. The highest BCUT2D eigenvalue weighted by Gasteiger charge is 2.22. The van der Waals surface area contributed by atoms with Gasteiger partial charge in [-0.1, -0.05) is 0 Å². The van der Waals surface area contributed by atoms with E-state index < -0.39 is 6.04 Å². The lowest BCUT2D eigenvalue weighted by molar-refractivity contribution is -0.128. The Labute approximate surface area is 110 Å². The quantitative estimate of drug-likeness (QED) is 0.825. The van der Waals surface area contributed by atoms with Crippen LogP contribution >= 0.6 is 11.8 Å². The molecular formula is C12H15N3O2S. The number of amides is 2. The summed E-state index contributed by atoms with van der Waals surface area (Å²) >= 11 is 1.62. The maximum Gasteiger partial charge on any atom is 0.243 e. The second-order valence-corrected chi connectivity index (χ2v) is 5.17. The van der Waals surface area contributed by atoms with E-state index in [1.54, 1.807) is 24.2 Å². The Kier molecular flexibility index (Phi) is 4.58. The van der Waals surface area contributed by atoms with Gasteiger partial charge in [0.25, 0.3) is 0 Å². The van der Waals surface area contributed by atoms with E-state index in [1.807, 2.05) is 12.1 Å². The van der Waals surface area contributed by atoms with Gasteiger partial charge in [0.15, 0.2) is 0 Å². The molecule has 2 heterocycles. The third-order valence-electron chi connectivity index (χ3n) is 2.63. The number of rotatable bonds is 3. The lowest BCUT2D eigenvalue weighted by Gasteiger charge is -2.15. The van der Waals surface area contributed by atoms with Crippen molar-refractivity contribution in [2.75, 3.05) is 11.5 Å². The van der Waals surface area contributed by atoms with Crippen LogP contribution in [0.2, 0.25) is 0 Å². The van der Waals surface area contributed by atoms with Crippen LogP contribution < -0.4 is 10.6 Å². The molecule has 0 aromatic carbocycles. The summed E-state index contributed by atoms with van der Waals surface area (Å²) in [6.45, 7) is 0.457. The van der Waals surface area contributed by atoms with Gasteiger partial charge in [-0.25, -0.2) is 0 Å². The van der Waals surface area contributed by atoms with E-state index >= 15 is 0 Å².